The standard InChI is InChI=1S/C15H15N3/c1-10-11(2)18(12-6-4-3-5-7-12)15-14(10)13(16)8-9-17-15/h3-9H,1-2H3,(H2,16,17). The number of benzene rings is 1. The van der Waals surface area contributed by atoms with Crippen LogP contribution in [0.2, 0.25) is 0 Å². The first-order valence-corrected chi connectivity index (χ1v) is 5.97. The summed E-state index contributed by atoms with van der Waals surface area (Å²) in [7, 11) is 0. The molecule has 2 heterocycles. The summed E-state index contributed by atoms with van der Waals surface area (Å²) in [5.41, 5.74) is 11.3. The van der Waals surface area contributed by atoms with Crippen molar-refractivity contribution in [2.75, 3.05) is 5.73 Å². The average Bonchev–Trinajstić information content (AvgIpc) is 2.64. The second-order valence-electron chi connectivity index (χ2n) is 4.48. The number of hydrogen-bond donors (Lipinski definition) is 1. The molecular formula is C15H15N3. The van der Waals surface area contributed by atoms with E-state index in [9.17, 15) is 0 Å². The number of anilines is 1. The molecule has 3 aromatic rings. The van der Waals surface area contributed by atoms with Gasteiger partial charge in [-0.2, -0.15) is 0 Å². The number of pyridine rings is 1. The van der Waals surface area contributed by atoms with Crippen LogP contribution >= 0.6 is 0 Å². The van der Waals surface area contributed by atoms with Gasteiger partial charge in [-0.3, -0.25) is 4.57 Å². The van der Waals surface area contributed by atoms with Crippen LogP contribution in [0.4, 0.5) is 5.69 Å². The first kappa shape index (κ1) is 10.8. The molecule has 18 heavy (non-hydrogen) atoms. The minimum absolute atomic E-state index is 0.787. The van der Waals surface area contributed by atoms with Gasteiger partial charge in [0.05, 0.1) is 0 Å². The molecule has 0 bridgehead atoms. The predicted molar refractivity (Wildman–Crippen MR) is 75.0 cm³/mol. The van der Waals surface area contributed by atoms with E-state index in [1.165, 1.54) is 11.3 Å². The van der Waals surface area contributed by atoms with Crippen molar-refractivity contribution in [1.29, 1.82) is 0 Å². The molecule has 0 atom stereocenters. The number of aromatic nitrogens is 2. The summed E-state index contributed by atoms with van der Waals surface area (Å²) in [4.78, 5) is 4.48. The zero-order valence-electron chi connectivity index (χ0n) is 10.5. The maximum absolute atomic E-state index is 6.06. The Labute approximate surface area is 106 Å². The molecule has 0 aliphatic rings. The Morgan fingerprint density at radius 1 is 1.06 bits per heavy atom. The number of rotatable bonds is 1. The summed E-state index contributed by atoms with van der Waals surface area (Å²) in [6, 6.07) is 12.1. The molecular weight excluding hydrogens is 222 g/mol. The van der Waals surface area contributed by atoms with E-state index >= 15 is 0 Å². The lowest BCUT2D eigenvalue weighted by molar-refractivity contribution is 1.02. The molecule has 90 valence electrons. The molecule has 2 aromatic heterocycles. The van der Waals surface area contributed by atoms with Gasteiger partial charge in [-0.1, -0.05) is 18.2 Å². The van der Waals surface area contributed by atoms with Crippen LogP contribution in [0, 0.1) is 13.8 Å². The second kappa shape index (κ2) is 3.88. The molecule has 0 saturated carbocycles. The number of hydrogen-bond acceptors (Lipinski definition) is 2. The van der Waals surface area contributed by atoms with Gasteiger partial charge in [0.2, 0.25) is 0 Å². The molecule has 0 aliphatic carbocycles. The summed E-state index contributed by atoms with van der Waals surface area (Å²) >= 11 is 0. The van der Waals surface area contributed by atoms with Gasteiger partial charge in [0.25, 0.3) is 0 Å². The minimum Gasteiger partial charge on any atom is -0.398 e. The Bertz CT molecular complexity index is 711. The topological polar surface area (TPSA) is 43.8 Å². The fourth-order valence-electron chi connectivity index (χ4n) is 2.42. The van der Waals surface area contributed by atoms with Crippen molar-refractivity contribution in [2.45, 2.75) is 13.8 Å². The zero-order valence-corrected chi connectivity index (χ0v) is 10.5. The van der Waals surface area contributed by atoms with Gasteiger partial charge in [0.1, 0.15) is 5.65 Å². The van der Waals surface area contributed by atoms with E-state index in [1.807, 2.05) is 24.3 Å². The number of nitrogens with zero attached hydrogens (tertiary/aromatic N) is 2. The van der Waals surface area contributed by atoms with Crippen LogP contribution in [-0.4, -0.2) is 9.55 Å². The smallest absolute Gasteiger partial charge is 0.146 e. The molecule has 0 amide bonds. The van der Waals surface area contributed by atoms with Crippen molar-refractivity contribution in [3.63, 3.8) is 0 Å². The van der Waals surface area contributed by atoms with Crippen molar-refractivity contribution < 1.29 is 0 Å². The molecule has 0 radical (unpaired) electrons. The van der Waals surface area contributed by atoms with Gasteiger partial charge >= 0.3 is 0 Å². The van der Waals surface area contributed by atoms with Crippen molar-refractivity contribution in [3.05, 3.63) is 53.9 Å². The molecule has 3 nitrogen and oxygen atoms in total. The highest BCUT2D eigenvalue weighted by Crippen LogP contribution is 2.30. The molecule has 0 aliphatic heterocycles. The number of para-hydroxylation sites is 1. The van der Waals surface area contributed by atoms with Gasteiger partial charge in [0.15, 0.2) is 0 Å². The SMILES string of the molecule is Cc1c(C)n(-c2ccccc2)c2nccc(N)c12. The molecule has 3 heteroatoms. The second-order valence-corrected chi connectivity index (χ2v) is 4.48. The molecule has 0 saturated heterocycles. The predicted octanol–water partition coefficient (Wildman–Crippen LogP) is 3.22. The maximum Gasteiger partial charge on any atom is 0.146 e. The third-order valence-corrected chi connectivity index (χ3v) is 3.44. The van der Waals surface area contributed by atoms with E-state index in [-0.39, 0.29) is 0 Å². The van der Waals surface area contributed by atoms with E-state index in [0.29, 0.717) is 0 Å². The maximum atomic E-state index is 6.06. The van der Waals surface area contributed by atoms with Gasteiger partial charge in [-0.05, 0) is 37.6 Å². The Morgan fingerprint density at radius 2 is 1.78 bits per heavy atom. The lowest BCUT2D eigenvalue weighted by Crippen LogP contribution is -1.97. The fourth-order valence-corrected chi connectivity index (χ4v) is 2.42. The van der Waals surface area contributed by atoms with E-state index < -0.39 is 0 Å². The highest BCUT2D eigenvalue weighted by Gasteiger charge is 2.14. The van der Waals surface area contributed by atoms with Gasteiger partial charge in [-0.15, -0.1) is 0 Å². The molecule has 1 aromatic carbocycles. The van der Waals surface area contributed by atoms with Crippen LogP contribution in [0.25, 0.3) is 16.7 Å². The summed E-state index contributed by atoms with van der Waals surface area (Å²) < 4.78 is 2.15. The van der Waals surface area contributed by atoms with Crippen LogP contribution in [0.5, 0.6) is 0 Å². The average molecular weight is 237 g/mol. The largest absolute Gasteiger partial charge is 0.398 e. The highest BCUT2D eigenvalue weighted by atomic mass is 15.1. The van der Waals surface area contributed by atoms with E-state index in [4.69, 9.17) is 5.73 Å². The first-order valence-electron chi connectivity index (χ1n) is 5.97. The lowest BCUT2D eigenvalue weighted by atomic mass is 10.2. The van der Waals surface area contributed by atoms with Crippen LogP contribution in [0.15, 0.2) is 42.6 Å². The number of nitrogens with two attached hydrogens (primary N) is 1. The number of fused-ring (bicyclic) bond motifs is 1. The molecule has 0 fully saturated rings. The summed E-state index contributed by atoms with van der Waals surface area (Å²) in [6.45, 7) is 4.19. The van der Waals surface area contributed by atoms with Crippen LogP contribution < -0.4 is 5.73 Å². The number of nitrogen functional groups attached to an aromatic ring is 1. The van der Waals surface area contributed by atoms with Crippen molar-refractivity contribution in [1.82, 2.24) is 9.55 Å². The molecule has 2 N–H and O–H groups in total. The lowest BCUT2D eigenvalue weighted by Gasteiger charge is -2.07. The first-order chi connectivity index (χ1) is 8.70. The quantitative estimate of drug-likeness (QED) is 0.706. The van der Waals surface area contributed by atoms with Gasteiger partial charge in [-0.25, -0.2) is 4.98 Å². The number of aryl methyl sites for hydroxylation is 1. The Hall–Kier alpha value is -2.29. The van der Waals surface area contributed by atoms with Crippen LogP contribution in [-0.2, 0) is 0 Å². The third-order valence-electron chi connectivity index (χ3n) is 3.44. The molecule has 3 rings (SSSR count). The van der Waals surface area contributed by atoms with Crippen LogP contribution in [0.1, 0.15) is 11.3 Å². The summed E-state index contributed by atoms with van der Waals surface area (Å²) in [5, 5.41) is 1.05. The Kier molecular flexibility index (Phi) is 2.33. The Balaban J connectivity index is 2.44. The summed E-state index contributed by atoms with van der Waals surface area (Å²) in [6.07, 6.45) is 1.76. The highest BCUT2D eigenvalue weighted by molar-refractivity contribution is 5.93. The monoisotopic (exact) mass is 237 g/mol. The van der Waals surface area contributed by atoms with E-state index in [2.05, 4.69) is 35.5 Å². The third kappa shape index (κ3) is 1.40. The van der Waals surface area contributed by atoms with E-state index in [1.54, 1.807) is 6.20 Å². The van der Waals surface area contributed by atoms with Crippen molar-refractivity contribution >= 4 is 16.7 Å². The van der Waals surface area contributed by atoms with Crippen LogP contribution in [0.3, 0.4) is 0 Å². The molecule has 0 unspecified atom stereocenters. The fraction of sp³-hybridized carbons (Fsp3) is 0.133. The van der Waals surface area contributed by atoms with Gasteiger partial charge < -0.3 is 5.73 Å². The Morgan fingerprint density at radius 3 is 2.50 bits per heavy atom. The van der Waals surface area contributed by atoms with Gasteiger partial charge in [0, 0.05) is 28.7 Å². The van der Waals surface area contributed by atoms with Crippen molar-refractivity contribution in [2.24, 2.45) is 0 Å². The normalized spacial score (nSPS) is 11.0. The summed E-state index contributed by atoms with van der Waals surface area (Å²) in [5.74, 6) is 0. The van der Waals surface area contributed by atoms with Crippen molar-refractivity contribution in [3.8, 4) is 5.69 Å². The zero-order chi connectivity index (χ0) is 12.7. The molecule has 0 spiro atoms. The van der Waals surface area contributed by atoms with E-state index in [0.717, 1.165) is 22.4 Å². The minimum atomic E-state index is 0.787.